The molecule has 6 heteroatoms. The standard InChI is InChI=1S/C14H7BrClF2NO/c15-10-4-5-12(17)9(14(10)18)7-20-13-3-1-2-11(16)8(13)6-19/h1-5H,7H2. The van der Waals surface area contributed by atoms with Gasteiger partial charge in [0.05, 0.1) is 15.1 Å². The molecule has 0 amide bonds. The van der Waals surface area contributed by atoms with Crippen molar-refractivity contribution in [2.45, 2.75) is 6.61 Å². The largest absolute Gasteiger partial charge is 0.487 e. The molecule has 0 aliphatic heterocycles. The molecular weight excluding hydrogens is 352 g/mol. The van der Waals surface area contributed by atoms with E-state index in [0.717, 1.165) is 6.07 Å². The quantitative estimate of drug-likeness (QED) is 0.736. The van der Waals surface area contributed by atoms with Crippen LogP contribution in [0.15, 0.2) is 34.8 Å². The molecule has 0 aliphatic carbocycles. The van der Waals surface area contributed by atoms with E-state index in [9.17, 15) is 8.78 Å². The van der Waals surface area contributed by atoms with Gasteiger partial charge in [-0.2, -0.15) is 5.26 Å². The summed E-state index contributed by atoms with van der Waals surface area (Å²) in [5, 5.41) is 9.20. The Morgan fingerprint density at radius 3 is 2.70 bits per heavy atom. The van der Waals surface area contributed by atoms with Crippen LogP contribution in [-0.4, -0.2) is 0 Å². The molecule has 0 aromatic heterocycles. The first-order chi connectivity index (χ1) is 9.54. The lowest BCUT2D eigenvalue weighted by Gasteiger charge is -2.10. The average Bonchev–Trinajstić information content (AvgIpc) is 2.43. The first-order valence-electron chi connectivity index (χ1n) is 5.48. The summed E-state index contributed by atoms with van der Waals surface area (Å²) >= 11 is 8.82. The monoisotopic (exact) mass is 357 g/mol. The smallest absolute Gasteiger partial charge is 0.146 e. The maximum atomic E-state index is 13.8. The lowest BCUT2D eigenvalue weighted by atomic mass is 10.2. The number of nitriles is 1. The summed E-state index contributed by atoms with van der Waals surface area (Å²) in [6.07, 6.45) is 0. The summed E-state index contributed by atoms with van der Waals surface area (Å²) in [7, 11) is 0. The number of nitrogens with zero attached hydrogens (tertiary/aromatic N) is 1. The van der Waals surface area contributed by atoms with E-state index in [-0.39, 0.29) is 33.0 Å². The third kappa shape index (κ3) is 2.92. The first kappa shape index (κ1) is 14.8. The highest BCUT2D eigenvalue weighted by Gasteiger charge is 2.14. The Hall–Kier alpha value is -1.64. The molecule has 0 saturated carbocycles. The molecule has 0 saturated heterocycles. The minimum Gasteiger partial charge on any atom is -0.487 e. The molecule has 20 heavy (non-hydrogen) atoms. The van der Waals surface area contributed by atoms with Gasteiger partial charge < -0.3 is 4.74 Å². The third-order valence-electron chi connectivity index (χ3n) is 2.60. The fraction of sp³-hybridized carbons (Fsp3) is 0.0714. The number of ether oxygens (including phenoxy) is 1. The highest BCUT2D eigenvalue weighted by Crippen LogP contribution is 2.28. The van der Waals surface area contributed by atoms with E-state index in [2.05, 4.69) is 15.9 Å². The second-order valence-electron chi connectivity index (χ2n) is 3.84. The molecular formula is C14H7BrClF2NO. The second-order valence-corrected chi connectivity index (χ2v) is 5.10. The zero-order valence-corrected chi connectivity index (χ0v) is 12.3. The van der Waals surface area contributed by atoms with E-state index in [0.29, 0.717) is 0 Å². The second kappa shape index (κ2) is 6.21. The van der Waals surface area contributed by atoms with Gasteiger partial charge in [0, 0.05) is 0 Å². The minimum absolute atomic E-state index is 0.130. The molecule has 0 bridgehead atoms. The third-order valence-corrected chi connectivity index (χ3v) is 3.53. The highest BCUT2D eigenvalue weighted by atomic mass is 79.9. The van der Waals surface area contributed by atoms with Crippen LogP contribution >= 0.6 is 27.5 Å². The first-order valence-corrected chi connectivity index (χ1v) is 6.65. The SMILES string of the molecule is N#Cc1c(Cl)cccc1OCc1c(F)ccc(Br)c1F. The Kier molecular flexibility index (Phi) is 4.58. The number of hydrogen-bond acceptors (Lipinski definition) is 2. The van der Waals surface area contributed by atoms with Gasteiger partial charge in [0.25, 0.3) is 0 Å². The van der Waals surface area contributed by atoms with Crippen molar-refractivity contribution >= 4 is 27.5 Å². The minimum atomic E-state index is -0.731. The molecule has 0 heterocycles. The van der Waals surface area contributed by atoms with Gasteiger partial charge in [0.2, 0.25) is 0 Å². The predicted molar refractivity (Wildman–Crippen MR) is 74.6 cm³/mol. The van der Waals surface area contributed by atoms with Crippen molar-refractivity contribution in [3.05, 3.63) is 62.6 Å². The normalized spacial score (nSPS) is 10.2. The van der Waals surface area contributed by atoms with Crippen LogP contribution in [0.1, 0.15) is 11.1 Å². The van der Waals surface area contributed by atoms with E-state index in [1.54, 1.807) is 6.07 Å². The van der Waals surface area contributed by atoms with Crippen LogP contribution in [0.25, 0.3) is 0 Å². The number of hydrogen-bond donors (Lipinski definition) is 0. The molecule has 2 aromatic rings. The molecule has 2 rings (SSSR count). The maximum Gasteiger partial charge on any atom is 0.146 e. The molecule has 2 nitrogen and oxygen atoms in total. The summed E-state index contributed by atoms with van der Waals surface area (Å²) in [6.45, 7) is -0.341. The maximum absolute atomic E-state index is 13.8. The van der Waals surface area contributed by atoms with E-state index in [4.69, 9.17) is 21.6 Å². The zero-order valence-electron chi connectivity index (χ0n) is 9.96. The Balaban J connectivity index is 2.29. The lowest BCUT2D eigenvalue weighted by molar-refractivity contribution is 0.291. The predicted octanol–water partition coefficient (Wildman–Crippen LogP) is 4.83. The number of rotatable bonds is 3. The van der Waals surface area contributed by atoms with Crippen LogP contribution < -0.4 is 4.74 Å². The van der Waals surface area contributed by atoms with Crippen molar-refractivity contribution in [3.8, 4) is 11.8 Å². The van der Waals surface area contributed by atoms with Crippen molar-refractivity contribution in [2.75, 3.05) is 0 Å². The van der Waals surface area contributed by atoms with Gasteiger partial charge in [-0.05, 0) is 40.2 Å². The van der Waals surface area contributed by atoms with Crippen LogP contribution in [0.3, 0.4) is 0 Å². The number of benzene rings is 2. The van der Waals surface area contributed by atoms with Gasteiger partial charge in [-0.1, -0.05) is 17.7 Å². The fourth-order valence-electron chi connectivity index (χ4n) is 1.58. The van der Waals surface area contributed by atoms with Crippen molar-refractivity contribution in [1.29, 1.82) is 5.26 Å². The van der Waals surface area contributed by atoms with Gasteiger partial charge in [0.15, 0.2) is 0 Å². The Labute approximate surface area is 127 Å². The molecule has 0 N–H and O–H groups in total. The Morgan fingerprint density at radius 1 is 1.25 bits per heavy atom. The van der Waals surface area contributed by atoms with Gasteiger partial charge in [0.1, 0.15) is 35.6 Å². The summed E-state index contributed by atoms with van der Waals surface area (Å²) in [5.41, 5.74) is -0.0896. The molecule has 0 radical (unpaired) electrons. The number of halogens is 4. The Bertz CT molecular complexity index is 700. The molecule has 0 fully saturated rings. The highest BCUT2D eigenvalue weighted by molar-refractivity contribution is 9.10. The van der Waals surface area contributed by atoms with E-state index < -0.39 is 11.6 Å². The summed E-state index contributed by atoms with van der Waals surface area (Å²) in [5.74, 6) is -1.27. The molecule has 0 atom stereocenters. The van der Waals surface area contributed by atoms with Gasteiger partial charge in [-0.15, -0.1) is 0 Å². The Morgan fingerprint density at radius 2 is 2.00 bits per heavy atom. The van der Waals surface area contributed by atoms with Gasteiger partial charge >= 0.3 is 0 Å². The van der Waals surface area contributed by atoms with E-state index >= 15 is 0 Å². The van der Waals surface area contributed by atoms with Gasteiger partial charge in [-0.3, -0.25) is 0 Å². The van der Waals surface area contributed by atoms with Crippen LogP contribution in [0, 0.1) is 23.0 Å². The van der Waals surface area contributed by atoms with Crippen molar-refractivity contribution in [3.63, 3.8) is 0 Å². The molecule has 102 valence electrons. The average molecular weight is 359 g/mol. The van der Waals surface area contributed by atoms with Crippen LogP contribution in [0.5, 0.6) is 5.75 Å². The summed E-state index contributed by atoms with van der Waals surface area (Å²) in [4.78, 5) is 0. The van der Waals surface area contributed by atoms with E-state index in [1.165, 1.54) is 18.2 Å². The topological polar surface area (TPSA) is 33.0 Å². The van der Waals surface area contributed by atoms with Crippen molar-refractivity contribution in [2.24, 2.45) is 0 Å². The van der Waals surface area contributed by atoms with Crippen molar-refractivity contribution in [1.82, 2.24) is 0 Å². The molecule has 0 spiro atoms. The summed E-state index contributed by atoms with van der Waals surface area (Å²) in [6, 6.07) is 8.93. The molecule has 0 unspecified atom stereocenters. The van der Waals surface area contributed by atoms with E-state index in [1.807, 2.05) is 6.07 Å². The summed E-state index contributed by atoms with van der Waals surface area (Å²) < 4.78 is 32.8. The van der Waals surface area contributed by atoms with Crippen LogP contribution in [0.4, 0.5) is 8.78 Å². The zero-order chi connectivity index (χ0) is 14.7. The van der Waals surface area contributed by atoms with Crippen LogP contribution in [0.2, 0.25) is 5.02 Å². The molecule has 2 aromatic carbocycles. The van der Waals surface area contributed by atoms with Crippen molar-refractivity contribution < 1.29 is 13.5 Å². The molecule has 0 aliphatic rings. The van der Waals surface area contributed by atoms with Crippen LogP contribution in [-0.2, 0) is 6.61 Å². The lowest BCUT2D eigenvalue weighted by Crippen LogP contribution is -2.03. The fourth-order valence-corrected chi connectivity index (χ4v) is 2.16. The van der Waals surface area contributed by atoms with Gasteiger partial charge in [-0.25, -0.2) is 8.78 Å².